The van der Waals surface area contributed by atoms with Crippen LogP contribution in [0.3, 0.4) is 0 Å². The Kier molecular flexibility index (Phi) is 5.76. The molecule has 1 fully saturated rings. The van der Waals surface area contributed by atoms with E-state index in [1.807, 2.05) is 44.2 Å². The number of hydrogen-bond acceptors (Lipinski definition) is 5. The number of rotatable bonds is 6. The normalized spacial score (nSPS) is 18.0. The van der Waals surface area contributed by atoms with Gasteiger partial charge < -0.3 is 24.5 Å². The predicted octanol–water partition coefficient (Wildman–Crippen LogP) is 3.86. The van der Waals surface area contributed by atoms with Gasteiger partial charge in [0.2, 0.25) is 0 Å². The fourth-order valence-corrected chi connectivity index (χ4v) is 4.35. The minimum Gasteiger partial charge on any atom is -0.507 e. The molecular weight excluding hydrogens is 408 g/mol. The van der Waals surface area contributed by atoms with Crippen molar-refractivity contribution in [2.45, 2.75) is 19.9 Å². The van der Waals surface area contributed by atoms with E-state index in [0.717, 1.165) is 27.6 Å². The molecule has 0 aliphatic carbocycles. The Balaban J connectivity index is 1.95. The number of aromatic nitrogens is 1. The third-order valence-electron chi connectivity index (χ3n) is 5.99. The number of methoxy groups -OCH3 is 2. The Hall–Kier alpha value is -3.58. The maximum Gasteiger partial charge on any atom is 0.295 e. The van der Waals surface area contributed by atoms with Gasteiger partial charge in [-0.15, -0.1) is 0 Å². The van der Waals surface area contributed by atoms with Crippen LogP contribution in [0, 0.1) is 13.8 Å². The van der Waals surface area contributed by atoms with Crippen LogP contribution < -0.4 is 4.74 Å². The van der Waals surface area contributed by atoms with Crippen molar-refractivity contribution < 1.29 is 24.2 Å². The van der Waals surface area contributed by atoms with E-state index in [1.54, 1.807) is 26.5 Å². The Morgan fingerprint density at radius 2 is 1.88 bits per heavy atom. The van der Waals surface area contributed by atoms with E-state index in [4.69, 9.17) is 9.47 Å². The maximum absolute atomic E-state index is 13.2. The van der Waals surface area contributed by atoms with Crippen molar-refractivity contribution in [2.24, 2.45) is 0 Å². The fourth-order valence-electron chi connectivity index (χ4n) is 4.35. The first-order chi connectivity index (χ1) is 15.4. The summed E-state index contributed by atoms with van der Waals surface area (Å²) in [6.45, 7) is 4.19. The SMILES string of the molecule is COCCN1C(=O)C(=O)/C(=C(/O)c2cc(C)c(OC)cc2C)C1c1c[nH]c2ccccc12. The molecule has 32 heavy (non-hydrogen) atoms. The second kappa shape index (κ2) is 8.51. The lowest BCUT2D eigenvalue weighted by Crippen LogP contribution is -2.32. The summed E-state index contributed by atoms with van der Waals surface area (Å²) in [5.41, 5.74) is 3.76. The zero-order valence-electron chi connectivity index (χ0n) is 18.6. The lowest BCUT2D eigenvalue weighted by Gasteiger charge is -2.24. The molecule has 3 aromatic rings. The van der Waals surface area contributed by atoms with Crippen molar-refractivity contribution in [3.63, 3.8) is 0 Å². The van der Waals surface area contributed by atoms with E-state index in [2.05, 4.69) is 4.98 Å². The van der Waals surface area contributed by atoms with Gasteiger partial charge in [0.1, 0.15) is 11.5 Å². The van der Waals surface area contributed by atoms with Gasteiger partial charge in [-0.3, -0.25) is 9.59 Å². The number of aliphatic hydroxyl groups is 1. The number of amides is 1. The van der Waals surface area contributed by atoms with Gasteiger partial charge in [-0.2, -0.15) is 0 Å². The number of benzene rings is 2. The highest BCUT2D eigenvalue weighted by molar-refractivity contribution is 6.46. The topological polar surface area (TPSA) is 91.9 Å². The lowest BCUT2D eigenvalue weighted by atomic mass is 9.93. The second-order valence-corrected chi connectivity index (χ2v) is 7.91. The van der Waals surface area contributed by atoms with Gasteiger partial charge in [-0.25, -0.2) is 0 Å². The molecule has 0 saturated carbocycles. The first kappa shape index (κ1) is 21.6. The minimum atomic E-state index is -0.733. The number of ketones is 1. The molecule has 7 nitrogen and oxygen atoms in total. The minimum absolute atomic E-state index is 0.0727. The summed E-state index contributed by atoms with van der Waals surface area (Å²) < 4.78 is 10.5. The van der Waals surface area contributed by atoms with Crippen molar-refractivity contribution in [1.29, 1.82) is 0 Å². The van der Waals surface area contributed by atoms with Crippen LogP contribution in [0.15, 0.2) is 48.2 Å². The van der Waals surface area contributed by atoms with Crippen molar-refractivity contribution in [1.82, 2.24) is 9.88 Å². The molecule has 0 spiro atoms. The highest BCUT2D eigenvalue weighted by Crippen LogP contribution is 2.42. The number of hydrogen-bond donors (Lipinski definition) is 2. The van der Waals surface area contributed by atoms with E-state index in [9.17, 15) is 14.7 Å². The molecule has 0 bridgehead atoms. The highest BCUT2D eigenvalue weighted by Gasteiger charge is 2.46. The average molecular weight is 434 g/mol. The van der Waals surface area contributed by atoms with Gasteiger partial charge in [-0.05, 0) is 43.2 Å². The summed E-state index contributed by atoms with van der Waals surface area (Å²) in [6.07, 6.45) is 1.79. The number of aromatic amines is 1. The van der Waals surface area contributed by atoms with Crippen LogP contribution >= 0.6 is 0 Å². The molecule has 1 aliphatic heterocycles. The molecule has 2 heterocycles. The van der Waals surface area contributed by atoms with Gasteiger partial charge in [-0.1, -0.05) is 18.2 Å². The molecular formula is C25H26N2O5. The van der Waals surface area contributed by atoms with E-state index >= 15 is 0 Å². The van der Waals surface area contributed by atoms with Crippen LogP contribution in [-0.4, -0.2) is 54.1 Å². The molecule has 1 atom stereocenters. The number of aliphatic hydroxyl groups excluding tert-OH is 1. The molecule has 1 aromatic heterocycles. The smallest absolute Gasteiger partial charge is 0.295 e. The number of fused-ring (bicyclic) bond motifs is 1. The van der Waals surface area contributed by atoms with Crippen molar-refractivity contribution in [3.05, 3.63) is 70.4 Å². The molecule has 0 radical (unpaired) electrons. The molecule has 1 amide bonds. The zero-order valence-corrected chi connectivity index (χ0v) is 18.6. The molecule has 2 aromatic carbocycles. The summed E-state index contributed by atoms with van der Waals surface area (Å²) in [5.74, 6) is -0.863. The van der Waals surface area contributed by atoms with Crippen LogP contribution in [-0.2, 0) is 14.3 Å². The number of likely N-dealkylation sites (tertiary alicyclic amines) is 1. The van der Waals surface area contributed by atoms with Gasteiger partial charge >= 0.3 is 0 Å². The van der Waals surface area contributed by atoms with Gasteiger partial charge in [0.25, 0.3) is 11.7 Å². The number of H-pyrrole nitrogens is 1. The summed E-state index contributed by atoms with van der Waals surface area (Å²) >= 11 is 0. The van der Waals surface area contributed by atoms with Gasteiger partial charge in [0.05, 0.1) is 25.3 Å². The van der Waals surface area contributed by atoms with Crippen LogP contribution in [0.25, 0.3) is 16.7 Å². The first-order valence-corrected chi connectivity index (χ1v) is 10.4. The average Bonchev–Trinajstić information content (AvgIpc) is 3.32. The number of nitrogens with one attached hydrogen (secondary N) is 1. The Bertz CT molecular complexity index is 1240. The molecule has 4 rings (SSSR count). The molecule has 1 saturated heterocycles. The summed E-state index contributed by atoms with van der Waals surface area (Å²) in [4.78, 5) is 30.8. The van der Waals surface area contributed by atoms with E-state index in [-0.39, 0.29) is 24.5 Å². The summed E-state index contributed by atoms with van der Waals surface area (Å²) in [6, 6.07) is 10.5. The Morgan fingerprint density at radius 1 is 1.12 bits per heavy atom. The monoisotopic (exact) mass is 434 g/mol. The number of carbonyl (C=O) groups is 2. The number of para-hydroxylation sites is 1. The van der Waals surface area contributed by atoms with E-state index < -0.39 is 17.7 Å². The fraction of sp³-hybridized carbons (Fsp3) is 0.280. The molecule has 2 N–H and O–H groups in total. The van der Waals surface area contributed by atoms with Crippen molar-refractivity contribution in [3.8, 4) is 5.75 Å². The van der Waals surface area contributed by atoms with Gasteiger partial charge in [0.15, 0.2) is 0 Å². The van der Waals surface area contributed by atoms with Crippen LogP contribution in [0.1, 0.15) is 28.3 Å². The number of aryl methyl sites for hydroxylation is 2. The van der Waals surface area contributed by atoms with Crippen LogP contribution in [0.4, 0.5) is 0 Å². The quantitative estimate of drug-likeness (QED) is 0.349. The summed E-state index contributed by atoms with van der Waals surface area (Å²) in [7, 11) is 3.13. The van der Waals surface area contributed by atoms with Gasteiger partial charge in [0, 0.05) is 41.9 Å². The Morgan fingerprint density at radius 3 is 2.59 bits per heavy atom. The Labute approximate surface area is 186 Å². The number of Topliss-reactive ketones (excluding diaryl/α,β-unsaturated/α-hetero) is 1. The number of nitrogens with zero attached hydrogens (tertiary/aromatic N) is 1. The van der Waals surface area contributed by atoms with Crippen molar-refractivity contribution in [2.75, 3.05) is 27.4 Å². The lowest BCUT2D eigenvalue weighted by molar-refractivity contribution is -0.140. The third-order valence-corrected chi connectivity index (χ3v) is 5.99. The largest absolute Gasteiger partial charge is 0.507 e. The maximum atomic E-state index is 13.2. The zero-order chi connectivity index (χ0) is 23.0. The van der Waals surface area contributed by atoms with Crippen molar-refractivity contribution >= 4 is 28.4 Å². The standard InChI is InChI=1S/C25H26N2O5/c1-14-12-20(32-4)15(2)11-17(14)23(28)21-22(27(9-10-31-3)25(30)24(21)29)18-13-26-19-8-6-5-7-16(18)19/h5-8,11-13,22,26,28H,9-10H2,1-4H3/b23-21+. The number of carbonyl (C=O) groups excluding carboxylic acids is 2. The molecule has 166 valence electrons. The van der Waals surface area contributed by atoms with Crippen LogP contribution in [0.5, 0.6) is 5.75 Å². The number of ether oxygens (including phenoxy) is 2. The van der Waals surface area contributed by atoms with E-state index in [0.29, 0.717) is 11.3 Å². The van der Waals surface area contributed by atoms with Crippen LogP contribution in [0.2, 0.25) is 0 Å². The van der Waals surface area contributed by atoms with E-state index in [1.165, 1.54) is 4.90 Å². The molecule has 1 unspecified atom stereocenters. The summed E-state index contributed by atoms with van der Waals surface area (Å²) in [5, 5.41) is 12.2. The molecule has 7 heteroatoms. The highest BCUT2D eigenvalue weighted by atomic mass is 16.5. The first-order valence-electron chi connectivity index (χ1n) is 10.4. The second-order valence-electron chi connectivity index (χ2n) is 7.91. The molecule has 1 aliphatic rings. The third kappa shape index (κ3) is 3.44. The predicted molar refractivity (Wildman–Crippen MR) is 122 cm³/mol.